The van der Waals surface area contributed by atoms with Crippen molar-refractivity contribution in [3.63, 3.8) is 0 Å². The summed E-state index contributed by atoms with van der Waals surface area (Å²) in [5.41, 5.74) is 5.28. The van der Waals surface area contributed by atoms with E-state index in [-0.39, 0.29) is 33.1 Å². The van der Waals surface area contributed by atoms with Gasteiger partial charge in [-0.1, -0.05) is 62.3 Å². The van der Waals surface area contributed by atoms with E-state index < -0.39 is 34.9 Å². The molecule has 188 valence electrons. The van der Waals surface area contributed by atoms with Crippen LogP contribution in [0.2, 0.25) is 28.2 Å². The van der Waals surface area contributed by atoms with Crippen molar-refractivity contribution >= 4 is 22.7 Å². The molecule has 0 radical (unpaired) electrons. The van der Waals surface area contributed by atoms with Gasteiger partial charge in [-0.25, -0.2) is 4.79 Å². The van der Waals surface area contributed by atoms with Crippen LogP contribution in [0.1, 0.15) is 68.5 Å². The zero-order valence-corrected chi connectivity index (χ0v) is 24.2. The minimum Gasteiger partial charge on any atom is -0.407 e. The van der Waals surface area contributed by atoms with Crippen LogP contribution in [-0.4, -0.2) is 51.3 Å². The topological polar surface area (TPSA) is 97.8 Å². The van der Waals surface area contributed by atoms with Crippen LogP contribution in [0, 0.1) is 0 Å². The highest BCUT2D eigenvalue weighted by atomic mass is 28.4. The Kier molecular flexibility index (Phi) is 6.65. The number of hydrogen-bond donors (Lipinski definition) is 1. The van der Waals surface area contributed by atoms with Gasteiger partial charge in [-0.3, -0.25) is 4.57 Å². The van der Waals surface area contributed by atoms with Gasteiger partial charge >= 0.3 is 14.3 Å². The van der Waals surface area contributed by atoms with E-state index in [0.717, 1.165) is 0 Å². The molecule has 2 N–H and O–H groups in total. The Morgan fingerprint density at radius 1 is 1.12 bits per heavy atom. The zero-order valence-electron chi connectivity index (χ0n) is 22.2. The van der Waals surface area contributed by atoms with E-state index in [1.807, 2.05) is 0 Å². The third-order valence-corrected chi connectivity index (χ3v) is 17.0. The van der Waals surface area contributed by atoms with Gasteiger partial charge in [-0.05, 0) is 24.2 Å². The summed E-state index contributed by atoms with van der Waals surface area (Å²) in [5, 5.41) is -0.363. The molecule has 33 heavy (non-hydrogen) atoms. The highest BCUT2D eigenvalue weighted by molar-refractivity contribution is 6.74. The Balaban J connectivity index is 2.10. The second-order valence-electron chi connectivity index (χ2n) is 13.0. The van der Waals surface area contributed by atoms with E-state index in [1.54, 1.807) is 12.3 Å². The molecular formula is C23H43N3O5Si2. The van der Waals surface area contributed by atoms with Crippen LogP contribution < -0.4 is 11.4 Å². The minimum absolute atomic E-state index is 0.0201. The van der Waals surface area contributed by atoms with E-state index in [9.17, 15) is 4.79 Å². The van der Waals surface area contributed by atoms with Crippen LogP contribution in [0.3, 0.4) is 0 Å². The number of rotatable bonds is 3. The van der Waals surface area contributed by atoms with Crippen LogP contribution >= 0.6 is 0 Å². The summed E-state index contributed by atoms with van der Waals surface area (Å²) in [4.78, 5) is 16.7. The summed E-state index contributed by atoms with van der Waals surface area (Å²) < 4.78 is 28.5. The molecule has 8 nitrogen and oxygen atoms in total. The molecule has 0 aromatic carbocycles. The Hall–Kier alpha value is -1.05. The van der Waals surface area contributed by atoms with Crippen molar-refractivity contribution in [2.75, 3.05) is 12.3 Å². The van der Waals surface area contributed by atoms with Crippen LogP contribution in [0.15, 0.2) is 17.1 Å². The Morgan fingerprint density at radius 2 is 1.70 bits per heavy atom. The largest absolute Gasteiger partial charge is 0.407 e. The lowest BCUT2D eigenvalue weighted by Crippen LogP contribution is -2.66. The van der Waals surface area contributed by atoms with Crippen molar-refractivity contribution in [2.24, 2.45) is 0 Å². The predicted octanol–water partition coefficient (Wildman–Crippen LogP) is 4.57. The Morgan fingerprint density at radius 3 is 2.18 bits per heavy atom. The number of ether oxygens (including phenoxy) is 1. The molecule has 0 bridgehead atoms. The smallest absolute Gasteiger partial charge is 0.351 e. The Labute approximate surface area is 200 Å². The predicted molar refractivity (Wildman–Crippen MR) is 135 cm³/mol. The fourth-order valence-electron chi connectivity index (χ4n) is 4.81. The van der Waals surface area contributed by atoms with Gasteiger partial charge in [0.1, 0.15) is 24.1 Å². The molecule has 2 fully saturated rings. The summed E-state index contributed by atoms with van der Waals surface area (Å²) in [6.45, 7) is 24.6. The first kappa shape index (κ1) is 26.6. The van der Waals surface area contributed by atoms with Gasteiger partial charge in [0.05, 0.1) is 6.61 Å². The van der Waals surface area contributed by atoms with Crippen molar-refractivity contribution < 1.29 is 18.0 Å². The number of fused-ring (bicyclic) bond motifs is 1. The van der Waals surface area contributed by atoms with Gasteiger partial charge in [-0.15, -0.1) is 0 Å². The van der Waals surface area contributed by atoms with Crippen molar-refractivity contribution in [3.05, 3.63) is 22.7 Å². The first-order chi connectivity index (χ1) is 14.8. The van der Waals surface area contributed by atoms with Crippen LogP contribution in [-0.2, 0) is 18.0 Å². The molecule has 10 heteroatoms. The minimum atomic E-state index is -2.76. The molecule has 2 saturated heterocycles. The standard InChI is InChI=1S/C23H43N3O5Si2/c1-21(2,3)32(10,11)30-18-17-15(29-19(18)26-13-12-16(24)25-20(26)27)14-28-33(31-17,22(4,5)6)23(7,8)9/h12-13,15,17-19H,14H2,1-11H3,(H2,24,25,27)/t15-,17-,18-,19-/m1/s1. The van der Waals surface area contributed by atoms with Crippen LogP contribution in [0.5, 0.6) is 0 Å². The van der Waals surface area contributed by atoms with Crippen LogP contribution in [0.4, 0.5) is 5.82 Å². The van der Waals surface area contributed by atoms with Crippen LogP contribution in [0.25, 0.3) is 0 Å². The summed E-state index contributed by atoms with van der Waals surface area (Å²) in [7, 11) is -4.99. The van der Waals surface area contributed by atoms with E-state index in [4.69, 9.17) is 23.7 Å². The van der Waals surface area contributed by atoms with E-state index in [0.29, 0.717) is 6.61 Å². The fraction of sp³-hybridized carbons (Fsp3) is 0.826. The lowest BCUT2D eigenvalue weighted by atomic mass is 10.1. The van der Waals surface area contributed by atoms with Crippen molar-refractivity contribution in [2.45, 2.75) is 115 Å². The molecule has 2 aliphatic heterocycles. The van der Waals surface area contributed by atoms with Crippen molar-refractivity contribution in [1.29, 1.82) is 0 Å². The molecule has 2 aliphatic rings. The quantitative estimate of drug-likeness (QED) is 0.611. The Bertz CT molecular complexity index is 916. The van der Waals surface area contributed by atoms with Crippen molar-refractivity contribution in [3.8, 4) is 0 Å². The molecule has 0 saturated carbocycles. The second kappa shape index (κ2) is 8.27. The van der Waals surface area contributed by atoms with Crippen molar-refractivity contribution in [1.82, 2.24) is 9.55 Å². The highest BCUT2D eigenvalue weighted by Gasteiger charge is 2.65. The first-order valence-corrected chi connectivity index (χ1v) is 16.5. The third-order valence-electron chi connectivity index (χ3n) is 7.38. The normalized spacial score (nSPS) is 28.6. The molecule has 0 aliphatic carbocycles. The molecule has 1 aromatic heterocycles. The van der Waals surface area contributed by atoms with E-state index >= 15 is 0 Å². The molecule has 0 amide bonds. The monoisotopic (exact) mass is 497 g/mol. The molecule has 3 heterocycles. The summed E-state index contributed by atoms with van der Waals surface area (Å²) in [6.07, 6.45) is -0.164. The number of anilines is 1. The van der Waals surface area contributed by atoms with Gasteiger partial charge < -0.3 is 23.7 Å². The number of aromatic nitrogens is 2. The lowest BCUT2D eigenvalue weighted by Gasteiger charge is -2.54. The number of nitrogens with two attached hydrogens (primary N) is 1. The highest BCUT2D eigenvalue weighted by Crippen LogP contribution is 2.56. The maximum Gasteiger partial charge on any atom is 0.351 e. The second-order valence-corrected chi connectivity index (χ2v) is 22.5. The summed E-state index contributed by atoms with van der Waals surface area (Å²) >= 11 is 0. The van der Waals surface area contributed by atoms with Gasteiger partial charge in [0.15, 0.2) is 14.5 Å². The number of nitrogen functional groups attached to an aromatic ring is 1. The fourth-order valence-corrected chi connectivity index (χ4v) is 11.1. The first-order valence-electron chi connectivity index (χ1n) is 11.8. The molecule has 4 atom stereocenters. The van der Waals surface area contributed by atoms with E-state index in [2.05, 4.69) is 80.4 Å². The summed E-state index contributed by atoms with van der Waals surface area (Å²) in [5.74, 6) is 0.181. The molecular weight excluding hydrogens is 454 g/mol. The summed E-state index contributed by atoms with van der Waals surface area (Å²) in [6, 6.07) is 1.61. The molecule has 0 spiro atoms. The van der Waals surface area contributed by atoms with Gasteiger partial charge in [0.2, 0.25) is 0 Å². The zero-order chi connectivity index (χ0) is 25.2. The molecule has 0 unspecified atom stereocenters. The van der Waals surface area contributed by atoms with Gasteiger partial charge in [-0.2, -0.15) is 4.98 Å². The molecule has 3 rings (SSSR count). The number of hydrogen-bond acceptors (Lipinski definition) is 7. The SMILES string of the molecule is CC(C)(C)[Si](C)(C)O[C@@H]1[C@@H]2O[Si](C(C)(C)C)(C(C)(C)C)OC[C@H]2O[C@H]1n1ccc(N)nc1=O. The van der Waals surface area contributed by atoms with Gasteiger partial charge in [0.25, 0.3) is 0 Å². The average molecular weight is 498 g/mol. The average Bonchev–Trinajstić information content (AvgIpc) is 2.95. The molecule has 1 aromatic rings. The maximum absolute atomic E-state index is 12.8. The van der Waals surface area contributed by atoms with E-state index in [1.165, 1.54) is 4.57 Å². The third kappa shape index (κ3) is 4.62. The maximum atomic E-state index is 12.8. The number of nitrogens with zero attached hydrogens (tertiary/aromatic N) is 2. The van der Waals surface area contributed by atoms with Gasteiger partial charge in [0, 0.05) is 16.3 Å². The lowest BCUT2D eigenvalue weighted by molar-refractivity contribution is -0.0808.